The molecule has 0 saturated carbocycles. The first kappa shape index (κ1) is 20.4. The van der Waals surface area contributed by atoms with Crippen LogP contribution in [0.25, 0.3) is 0 Å². The molecule has 2 N–H and O–H groups in total. The lowest BCUT2D eigenvalue weighted by atomic mass is 10.2. The Bertz CT molecular complexity index is 596. The summed E-state index contributed by atoms with van der Waals surface area (Å²) in [6.07, 6.45) is 3.74. The lowest BCUT2D eigenvalue weighted by Crippen LogP contribution is -2.39. The van der Waals surface area contributed by atoms with E-state index in [1.807, 2.05) is 18.2 Å². The summed E-state index contributed by atoms with van der Waals surface area (Å²) in [6.45, 7) is 7.43. The van der Waals surface area contributed by atoms with Gasteiger partial charge in [0.15, 0.2) is 5.96 Å². The molecule has 6 nitrogen and oxygen atoms in total. The molecule has 0 fully saturated rings. The molecule has 2 aromatic rings. The average molecular weight is 442 g/mol. The molecule has 0 unspecified atom stereocenters. The van der Waals surface area contributed by atoms with Gasteiger partial charge in [0.05, 0.1) is 6.54 Å². The highest BCUT2D eigenvalue weighted by atomic mass is 127. The Balaban J connectivity index is 0.00000288. The highest BCUT2D eigenvalue weighted by molar-refractivity contribution is 14.0. The maximum Gasteiger partial charge on any atom is 0.191 e. The van der Waals surface area contributed by atoms with E-state index in [2.05, 4.69) is 56.4 Å². The number of hydrogen-bond donors (Lipinski definition) is 2. The first-order chi connectivity index (χ1) is 11.3. The van der Waals surface area contributed by atoms with E-state index in [4.69, 9.17) is 0 Å². The summed E-state index contributed by atoms with van der Waals surface area (Å²) < 4.78 is 2.07. The van der Waals surface area contributed by atoms with Gasteiger partial charge in [-0.15, -0.1) is 34.2 Å². The van der Waals surface area contributed by atoms with Gasteiger partial charge in [0.1, 0.15) is 12.2 Å². The van der Waals surface area contributed by atoms with Crippen molar-refractivity contribution in [2.45, 2.75) is 39.8 Å². The molecule has 132 valence electrons. The molecule has 1 aromatic heterocycles. The minimum atomic E-state index is 0. The van der Waals surface area contributed by atoms with Gasteiger partial charge in [-0.25, -0.2) is 4.99 Å². The first-order valence-corrected chi connectivity index (χ1v) is 8.26. The number of aliphatic imine (C=N–C) groups is 1. The van der Waals surface area contributed by atoms with Crippen molar-refractivity contribution < 1.29 is 0 Å². The third-order valence-corrected chi connectivity index (χ3v) is 3.46. The summed E-state index contributed by atoms with van der Waals surface area (Å²) in [5.74, 6) is 1.86. The van der Waals surface area contributed by atoms with Crippen molar-refractivity contribution >= 4 is 29.9 Å². The Labute approximate surface area is 161 Å². The summed E-state index contributed by atoms with van der Waals surface area (Å²) >= 11 is 0. The van der Waals surface area contributed by atoms with Crippen molar-refractivity contribution in [3.63, 3.8) is 0 Å². The van der Waals surface area contributed by atoms with Gasteiger partial charge in [0.25, 0.3) is 0 Å². The Hall–Kier alpha value is -1.64. The quantitative estimate of drug-likeness (QED) is 0.375. The molecule has 0 atom stereocenters. The summed E-state index contributed by atoms with van der Waals surface area (Å²) in [5, 5.41) is 14.8. The monoisotopic (exact) mass is 442 g/mol. The maximum atomic E-state index is 4.65. The van der Waals surface area contributed by atoms with Crippen molar-refractivity contribution in [1.82, 2.24) is 25.4 Å². The van der Waals surface area contributed by atoms with Gasteiger partial charge < -0.3 is 15.2 Å². The van der Waals surface area contributed by atoms with Gasteiger partial charge in [-0.05, 0) is 12.0 Å². The summed E-state index contributed by atoms with van der Waals surface area (Å²) in [5.41, 5.74) is 1.21. The number of nitrogens with one attached hydrogen (secondary N) is 2. The van der Waals surface area contributed by atoms with Crippen LogP contribution >= 0.6 is 24.0 Å². The molecular formula is C17H27IN6. The van der Waals surface area contributed by atoms with Crippen LogP contribution in [0.2, 0.25) is 0 Å². The molecule has 0 aliphatic rings. The van der Waals surface area contributed by atoms with Crippen molar-refractivity contribution in [2.24, 2.45) is 4.99 Å². The number of guanidine groups is 1. The predicted octanol–water partition coefficient (Wildman–Crippen LogP) is 2.60. The lowest BCUT2D eigenvalue weighted by molar-refractivity contribution is 0.631. The fourth-order valence-electron chi connectivity index (χ4n) is 2.21. The third-order valence-electron chi connectivity index (χ3n) is 3.46. The number of aryl methyl sites for hydroxylation is 1. The topological polar surface area (TPSA) is 67.1 Å². The van der Waals surface area contributed by atoms with E-state index in [0.29, 0.717) is 6.54 Å². The van der Waals surface area contributed by atoms with Gasteiger partial charge in [0.2, 0.25) is 0 Å². The number of hydrogen-bond acceptors (Lipinski definition) is 3. The number of benzene rings is 1. The molecule has 0 amide bonds. The molecule has 0 radical (unpaired) electrons. The van der Waals surface area contributed by atoms with E-state index in [1.165, 1.54) is 5.56 Å². The van der Waals surface area contributed by atoms with Gasteiger partial charge in [-0.2, -0.15) is 0 Å². The molecule has 24 heavy (non-hydrogen) atoms. The van der Waals surface area contributed by atoms with E-state index >= 15 is 0 Å². The molecule has 0 spiro atoms. The SMILES string of the molecule is CCCNC(=NCc1ccccc1)NCCn1cnnc1CC.I. The normalized spacial score (nSPS) is 11.0. The van der Waals surface area contributed by atoms with Gasteiger partial charge >= 0.3 is 0 Å². The fraction of sp³-hybridized carbons (Fsp3) is 0.471. The highest BCUT2D eigenvalue weighted by Crippen LogP contribution is 2.00. The van der Waals surface area contributed by atoms with Crippen LogP contribution < -0.4 is 10.6 Å². The smallest absolute Gasteiger partial charge is 0.191 e. The predicted molar refractivity (Wildman–Crippen MR) is 109 cm³/mol. The van der Waals surface area contributed by atoms with Crippen LogP contribution in [0.15, 0.2) is 41.7 Å². The summed E-state index contributed by atoms with van der Waals surface area (Å²) in [4.78, 5) is 4.65. The summed E-state index contributed by atoms with van der Waals surface area (Å²) in [7, 11) is 0. The van der Waals surface area contributed by atoms with Crippen molar-refractivity contribution in [3.8, 4) is 0 Å². The van der Waals surface area contributed by atoms with Crippen LogP contribution in [0.5, 0.6) is 0 Å². The second-order valence-corrected chi connectivity index (χ2v) is 5.30. The second kappa shape index (κ2) is 11.8. The largest absolute Gasteiger partial charge is 0.356 e. The number of nitrogens with zero attached hydrogens (tertiary/aromatic N) is 4. The number of rotatable bonds is 8. The number of aromatic nitrogens is 3. The van der Waals surface area contributed by atoms with Crippen molar-refractivity contribution in [1.29, 1.82) is 0 Å². The Morgan fingerprint density at radius 3 is 2.58 bits per heavy atom. The Kier molecular flexibility index (Phi) is 10.1. The number of halogens is 1. The second-order valence-electron chi connectivity index (χ2n) is 5.30. The molecule has 7 heteroatoms. The van der Waals surface area contributed by atoms with Crippen molar-refractivity contribution in [2.75, 3.05) is 13.1 Å². The average Bonchev–Trinajstić information content (AvgIpc) is 3.05. The molecular weight excluding hydrogens is 415 g/mol. The minimum Gasteiger partial charge on any atom is -0.356 e. The van der Waals surface area contributed by atoms with Crippen LogP contribution in [-0.2, 0) is 19.5 Å². The third kappa shape index (κ3) is 6.86. The van der Waals surface area contributed by atoms with Gasteiger partial charge in [0, 0.05) is 26.1 Å². The van der Waals surface area contributed by atoms with Crippen LogP contribution in [-0.4, -0.2) is 33.8 Å². The first-order valence-electron chi connectivity index (χ1n) is 8.26. The van der Waals surface area contributed by atoms with E-state index in [9.17, 15) is 0 Å². The molecule has 2 rings (SSSR count). The molecule has 0 aliphatic heterocycles. The summed E-state index contributed by atoms with van der Waals surface area (Å²) in [6, 6.07) is 10.3. The molecule has 1 aromatic carbocycles. The minimum absolute atomic E-state index is 0. The zero-order valence-electron chi connectivity index (χ0n) is 14.4. The standard InChI is InChI=1S/C17H26N6.HI/c1-3-10-18-17(20-13-15-8-6-5-7-9-15)19-11-12-23-14-21-22-16(23)4-2;/h5-9,14H,3-4,10-13H2,1-2H3,(H2,18,19,20);1H. The zero-order chi connectivity index (χ0) is 16.3. The molecule has 1 heterocycles. The van der Waals surface area contributed by atoms with Gasteiger partial charge in [-0.1, -0.05) is 44.2 Å². The fourth-order valence-corrected chi connectivity index (χ4v) is 2.21. The lowest BCUT2D eigenvalue weighted by Gasteiger charge is -2.13. The zero-order valence-corrected chi connectivity index (χ0v) is 16.7. The molecule has 0 bridgehead atoms. The van der Waals surface area contributed by atoms with E-state index in [-0.39, 0.29) is 24.0 Å². The van der Waals surface area contributed by atoms with Crippen molar-refractivity contribution in [3.05, 3.63) is 48.0 Å². The molecule has 0 aliphatic carbocycles. The molecule has 0 saturated heterocycles. The van der Waals surface area contributed by atoms with Crippen LogP contribution in [0, 0.1) is 0 Å². The van der Waals surface area contributed by atoms with Gasteiger partial charge in [-0.3, -0.25) is 0 Å². The maximum absolute atomic E-state index is 4.65. The highest BCUT2D eigenvalue weighted by Gasteiger charge is 2.02. The van der Waals surface area contributed by atoms with E-state index in [0.717, 1.165) is 44.3 Å². The van der Waals surface area contributed by atoms with Crippen LogP contribution in [0.4, 0.5) is 0 Å². The van der Waals surface area contributed by atoms with Crippen LogP contribution in [0.1, 0.15) is 31.7 Å². The Morgan fingerprint density at radius 2 is 1.88 bits per heavy atom. The Morgan fingerprint density at radius 1 is 1.12 bits per heavy atom. The van der Waals surface area contributed by atoms with E-state index in [1.54, 1.807) is 6.33 Å². The van der Waals surface area contributed by atoms with Crippen LogP contribution in [0.3, 0.4) is 0 Å². The van der Waals surface area contributed by atoms with E-state index < -0.39 is 0 Å².